The summed E-state index contributed by atoms with van der Waals surface area (Å²) in [7, 11) is 1.48. The van der Waals surface area contributed by atoms with Gasteiger partial charge < -0.3 is 15.0 Å². The molecule has 0 unspecified atom stereocenters. The number of hydrogen-bond acceptors (Lipinski definition) is 5. The number of carbonyl (C=O) groups is 1. The van der Waals surface area contributed by atoms with E-state index in [1.165, 1.54) is 23.5 Å². The van der Waals surface area contributed by atoms with Crippen LogP contribution in [0.2, 0.25) is 5.02 Å². The van der Waals surface area contributed by atoms with Crippen LogP contribution in [0.5, 0.6) is 0 Å². The molecule has 0 spiro atoms. The number of nitrogens with one attached hydrogen (secondary N) is 1. The van der Waals surface area contributed by atoms with Crippen LogP contribution in [-0.4, -0.2) is 53.0 Å². The molecule has 9 heteroatoms. The fraction of sp³-hybridized carbons (Fsp3) is 0.435. The van der Waals surface area contributed by atoms with E-state index >= 15 is 0 Å². The lowest BCUT2D eigenvalue weighted by atomic mass is 10.1. The SMILES string of the molecule is COCCN(Cc1cc(NC(=O)CC(C)C)ccc1N(C)C)S(=O)(=O)c1cccc(Cl)c1. The van der Waals surface area contributed by atoms with Gasteiger partial charge in [-0.3, -0.25) is 4.79 Å². The molecule has 7 nitrogen and oxygen atoms in total. The Morgan fingerprint density at radius 2 is 1.88 bits per heavy atom. The molecule has 0 saturated heterocycles. The quantitative estimate of drug-likeness (QED) is 0.519. The molecule has 2 aromatic rings. The van der Waals surface area contributed by atoms with Crippen LogP contribution in [0.1, 0.15) is 25.8 Å². The molecule has 0 atom stereocenters. The predicted molar refractivity (Wildman–Crippen MR) is 130 cm³/mol. The largest absolute Gasteiger partial charge is 0.383 e. The van der Waals surface area contributed by atoms with Crippen molar-refractivity contribution in [3.05, 3.63) is 53.1 Å². The minimum Gasteiger partial charge on any atom is -0.383 e. The Morgan fingerprint density at radius 1 is 1.16 bits per heavy atom. The van der Waals surface area contributed by atoms with Crippen LogP contribution in [0.25, 0.3) is 0 Å². The van der Waals surface area contributed by atoms with E-state index in [2.05, 4.69) is 5.32 Å². The van der Waals surface area contributed by atoms with Gasteiger partial charge in [0.15, 0.2) is 0 Å². The monoisotopic (exact) mass is 481 g/mol. The van der Waals surface area contributed by atoms with Gasteiger partial charge in [-0.25, -0.2) is 8.42 Å². The van der Waals surface area contributed by atoms with Crippen molar-refractivity contribution < 1.29 is 17.9 Å². The number of benzene rings is 2. The number of anilines is 2. The molecule has 176 valence electrons. The third-order valence-electron chi connectivity index (χ3n) is 4.76. The van der Waals surface area contributed by atoms with Gasteiger partial charge in [-0.05, 0) is 47.9 Å². The van der Waals surface area contributed by atoms with Gasteiger partial charge in [-0.1, -0.05) is 31.5 Å². The van der Waals surface area contributed by atoms with Gasteiger partial charge in [0.05, 0.1) is 11.5 Å². The van der Waals surface area contributed by atoms with Crippen LogP contribution in [0.15, 0.2) is 47.4 Å². The van der Waals surface area contributed by atoms with Gasteiger partial charge >= 0.3 is 0 Å². The topological polar surface area (TPSA) is 79.0 Å². The van der Waals surface area contributed by atoms with Gasteiger partial charge in [-0.2, -0.15) is 4.31 Å². The summed E-state index contributed by atoms with van der Waals surface area (Å²) in [5.74, 6) is 0.161. The summed E-state index contributed by atoms with van der Waals surface area (Å²) in [5, 5.41) is 3.26. The van der Waals surface area contributed by atoms with Gasteiger partial charge in [0.2, 0.25) is 15.9 Å². The molecule has 0 aliphatic carbocycles. The van der Waals surface area contributed by atoms with Gasteiger partial charge in [-0.15, -0.1) is 0 Å². The van der Waals surface area contributed by atoms with Gasteiger partial charge in [0.25, 0.3) is 0 Å². The van der Waals surface area contributed by atoms with E-state index in [4.69, 9.17) is 16.3 Å². The molecule has 32 heavy (non-hydrogen) atoms. The number of sulfonamides is 1. The molecule has 0 aliphatic rings. The highest BCUT2D eigenvalue weighted by Crippen LogP contribution is 2.28. The number of carbonyl (C=O) groups excluding carboxylic acids is 1. The molecule has 0 radical (unpaired) electrons. The summed E-state index contributed by atoms with van der Waals surface area (Å²) >= 11 is 6.04. The maximum Gasteiger partial charge on any atom is 0.243 e. The molecule has 0 fully saturated rings. The normalized spacial score (nSPS) is 11.8. The summed E-state index contributed by atoms with van der Waals surface area (Å²) in [6.45, 7) is 4.48. The second-order valence-electron chi connectivity index (χ2n) is 8.17. The Labute approximate surface area is 196 Å². The Bertz CT molecular complexity index is 1030. The first-order valence-electron chi connectivity index (χ1n) is 10.4. The highest BCUT2D eigenvalue weighted by molar-refractivity contribution is 7.89. The number of hydrogen-bond donors (Lipinski definition) is 1. The zero-order valence-corrected chi connectivity index (χ0v) is 20.8. The molecular formula is C23H32ClN3O4S. The van der Waals surface area contributed by atoms with Crippen LogP contribution >= 0.6 is 11.6 Å². The molecule has 0 saturated carbocycles. The summed E-state index contributed by atoms with van der Waals surface area (Å²) in [6.07, 6.45) is 0.411. The summed E-state index contributed by atoms with van der Waals surface area (Å²) < 4.78 is 33.3. The first-order chi connectivity index (χ1) is 15.0. The van der Waals surface area contributed by atoms with Crippen molar-refractivity contribution in [1.29, 1.82) is 0 Å². The van der Waals surface area contributed by atoms with Crippen LogP contribution in [0.4, 0.5) is 11.4 Å². The Balaban J connectivity index is 2.42. The van der Waals surface area contributed by atoms with E-state index in [9.17, 15) is 13.2 Å². The number of ether oxygens (including phenoxy) is 1. The third-order valence-corrected chi connectivity index (χ3v) is 6.84. The van der Waals surface area contributed by atoms with Crippen molar-refractivity contribution in [3.8, 4) is 0 Å². The molecule has 0 heterocycles. The van der Waals surface area contributed by atoms with Gasteiger partial charge in [0, 0.05) is 57.1 Å². The maximum absolute atomic E-state index is 13.4. The Hall–Kier alpha value is -2.13. The minimum atomic E-state index is -3.83. The van der Waals surface area contributed by atoms with Gasteiger partial charge in [0.1, 0.15) is 0 Å². The average Bonchev–Trinajstić information content (AvgIpc) is 2.70. The fourth-order valence-corrected chi connectivity index (χ4v) is 4.96. The smallest absolute Gasteiger partial charge is 0.243 e. The second-order valence-corrected chi connectivity index (χ2v) is 10.5. The zero-order valence-electron chi connectivity index (χ0n) is 19.3. The molecule has 0 bridgehead atoms. The number of halogens is 1. The van der Waals surface area contributed by atoms with E-state index < -0.39 is 10.0 Å². The summed E-state index contributed by atoms with van der Waals surface area (Å²) in [4.78, 5) is 14.3. The Kier molecular flexibility index (Phi) is 9.51. The molecule has 1 N–H and O–H groups in total. The standard InChI is InChI=1S/C23H32ClN3O4S/c1-17(2)13-23(28)25-20-9-10-22(26(3)4)18(14-20)16-27(11-12-31-5)32(29,30)21-8-6-7-19(24)15-21/h6-10,14-15,17H,11-13,16H2,1-5H3,(H,25,28). The molecule has 1 amide bonds. The van der Waals surface area contributed by atoms with E-state index in [1.54, 1.807) is 12.1 Å². The highest BCUT2D eigenvalue weighted by atomic mass is 35.5. The van der Waals surface area contributed by atoms with Crippen molar-refractivity contribution >= 4 is 38.9 Å². The van der Waals surface area contributed by atoms with Crippen LogP contribution in [0, 0.1) is 5.92 Å². The lowest BCUT2D eigenvalue weighted by Crippen LogP contribution is -2.34. The highest BCUT2D eigenvalue weighted by Gasteiger charge is 2.26. The Morgan fingerprint density at radius 3 is 2.47 bits per heavy atom. The molecule has 0 aromatic heterocycles. The van der Waals surface area contributed by atoms with Crippen LogP contribution in [-0.2, 0) is 26.1 Å². The second kappa shape index (κ2) is 11.7. The lowest BCUT2D eigenvalue weighted by molar-refractivity contribution is -0.116. The van der Waals surface area contributed by atoms with Crippen LogP contribution in [0.3, 0.4) is 0 Å². The lowest BCUT2D eigenvalue weighted by Gasteiger charge is -2.26. The third kappa shape index (κ3) is 7.20. The van der Waals surface area contributed by atoms with Crippen molar-refractivity contribution in [2.45, 2.75) is 31.7 Å². The predicted octanol–water partition coefficient (Wildman–Crippen LogP) is 4.23. The minimum absolute atomic E-state index is 0.0775. The number of rotatable bonds is 11. The van der Waals surface area contributed by atoms with Crippen molar-refractivity contribution in [3.63, 3.8) is 0 Å². The molecule has 2 rings (SSSR count). The van der Waals surface area contributed by atoms with Crippen molar-refractivity contribution in [1.82, 2.24) is 4.31 Å². The number of methoxy groups -OCH3 is 1. The van der Waals surface area contributed by atoms with Crippen molar-refractivity contribution in [2.24, 2.45) is 5.92 Å². The molecule has 0 aliphatic heterocycles. The van der Waals surface area contributed by atoms with E-state index in [1.807, 2.05) is 51.0 Å². The average molecular weight is 482 g/mol. The first-order valence-corrected chi connectivity index (χ1v) is 12.2. The van der Waals surface area contributed by atoms with E-state index in [0.717, 1.165) is 11.3 Å². The molecule has 2 aromatic carbocycles. The number of amides is 1. The van der Waals surface area contributed by atoms with E-state index in [-0.39, 0.29) is 36.4 Å². The molecular weight excluding hydrogens is 450 g/mol. The maximum atomic E-state index is 13.4. The first kappa shape index (κ1) is 26.1. The van der Waals surface area contributed by atoms with E-state index in [0.29, 0.717) is 17.1 Å². The summed E-state index contributed by atoms with van der Waals surface area (Å²) in [5.41, 5.74) is 2.25. The van der Waals surface area contributed by atoms with Crippen LogP contribution < -0.4 is 10.2 Å². The zero-order chi connectivity index (χ0) is 23.9. The van der Waals surface area contributed by atoms with Crippen molar-refractivity contribution in [2.75, 3.05) is 44.6 Å². The fourth-order valence-electron chi connectivity index (χ4n) is 3.25. The number of nitrogens with zero attached hydrogens (tertiary/aromatic N) is 2. The summed E-state index contributed by atoms with van der Waals surface area (Å²) in [6, 6.07) is 11.7.